The van der Waals surface area contributed by atoms with E-state index in [4.69, 9.17) is 4.74 Å². The number of ether oxygens (including phenoxy) is 1. The van der Waals surface area contributed by atoms with E-state index in [1.807, 2.05) is 0 Å². The van der Waals surface area contributed by atoms with E-state index in [1.54, 1.807) is 6.92 Å². The lowest BCUT2D eigenvalue weighted by Gasteiger charge is -2.20. The van der Waals surface area contributed by atoms with E-state index in [9.17, 15) is 14.4 Å². The third kappa shape index (κ3) is 4.72. The minimum Gasteiger partial charge on any atom is -0.451 e. The van der Waals surface area contributed by atoms with Crippen LogP contribution in [0.15, 0.2) is 0 Å². The topological polar surface area (TPSA) is 84.5 Å². The molecule has 6 heteroatoms. The Bertz CT molecular complexity index is 402. The number of nitrogens with one attached hydrogen (secondary N) is 2. The van der Waals surface area contributed by atoms with Crippen LogP contribution in [-0.2, 0) is 19.1 Å². The molecule has 2 aliphatic rings. The van der Waals surface area contributed by atoms with Crippen molar-refractivity contribution in [2.24, 2.45) is 0 Å². The first kappa shape index (κ1) is 15.8. The molecule has 1 saturated heterocycles. The third-order valence-electron chi connectivity index (χ3n) is 4.14. The van der Waals surface area contributed by atoms with Gasteiger partial charge in [0.15, 0.2) is 6.10 Å². The van der Waals surface area contributed by atoms with Crippen LogP contribution in [0.3, 0.4) is 0 Å². The zero-order chi connectivity index (χ0) is 15.2. The van der Waals surface area contributed by atoms with Crippen molar-refractivity contribution in [1.82, 2.24) is 10.6 Å². The molecule has 2 N–H and O–H groups in total. The Morgan fingerprint density at radius 3 is 2.43 bits per heavy atom. The van der Waals surface area contributed by atoms with Gasteiger partial charge in [-0.05, 0) is 26.2 Å². The van der Waals surface area contributed by atoms with Gasteiger partial charge >= 0.3 is 5.97 Å². The number of hydrogen-bond donors (Lipinski definition) is 2. The smallest absolute Gasteiger partial charge is 0.329 e. The Morgan fingerprint density at radius 2 is 1.86 bits per heavy atom. The summed E-state index contributed by atoms with van der Waals surface area (Å²) in [5.74, 6) is -0.920. The van der Waals surface area contributed by atoms with Crippen LogP contribution in [0, 0.1) is 0 Å². The van der Waals surface area contributed by atoms with Crippen molar-refractivity contribution in [3.63, 3.8) is 0 Å². The Kier molecular flexibility index (Phi) is 5.59. The molecule has 0 bridgehead atoms. The molecule has 0 unspecified atom stereocenters. The average molecular weight is 296 g/mol. The summed E-state index contributed by atoms with van der Waals surface area (Å²) in [7, 11) is 0. The van der Waals surface area contributed by atoms with Crippen LogP contribution in [-0.4, -0.2) is 36.0 Å². The highest BCUT2D eigenvalue weighted by molar-refractivity contribution is 5.90. The van der Waals surface area contributed by atoms with Gasteiger partial charge in [-0.25, -0.2) is 4.79 Å². The third-order valence-corrected chi connectivity index (χ3v) is 4.14. The predicted molar refractivity (Wildman–Crippen MR) is 76.4 cm³/mol. The minimum absolute atomic E-state index is 0.146. The van der Waals surface area contributed by atoms with Crippen molar-refractivity contribution in [3.8, 4) is 0 Å². The zero-order valence-corrected chi connectivity index (χ0v) is 12.5. The maximum atomic E-state index is 12.1. The van der Waals surface area contributed by atoms with Crippen LogP contribution in [0.25, 0.3) is 0 Å². The van der Waals surface area contributed by atoms with E-state index in [-0.39, 0.29) is 17.9 Å². The Hall–Kier alpha value is -1.59. The molecular formula is C15H24N2O4. The van der Waals surface area contributed by atoms with Crippen molar-refractivity contribution in [1.29, 1.82) is 0 Å². The van der Waals surface area contributed by atoms with E-state index in [2.05, 4.69) is 10.6 Å². The lowest BCUT2D eigenvalue weighted by molar-refractivity contribution is -0.157. The number of rotatable bonds is 4. The van der Waals surface area contributed by atoms with E-state index in [1.165, 1.54) is 12.8 Å². The normalized spacial score (nSPS) is 24.8. The minimum atomic E-state index is -0.821. The van der Waals surface area contributed by atoms with Gasteiger partial charge in [0.1, 0.15) is 6.04 Å². The summed E-state index contributed by atoms with van der Waals surface area (Å²) in [6, 6.07) is -0.419. The Balaban J connectivity index is 1.76. The largest absolute Gasteiger partial charge is 0.451 e. The quantitative estimate of drug-likeness (QED) is 0.599. The van der Waals surface area contributed by atoms with Crippen molar-refractivity contribution < 1.29 is 19.1 Å². The Morgan fingerprint density at radius 1 is 1.19 bits per heavy atom. The molecule has 1 aliphatic carbocycles. The second-order valence-corrected chi connectivity index (χ2v) is 5.93. The van der Waals surface area contributed by atoms with Crippen molar-refractivity contribution in [2.45, 2.75) is 76.5 Å². The van der Waals surface area contributed by atoms with E-state index < -0.39 is 18.1 Å². The first-order chi connectivity index (χ1) is 10.1. The number of carbonyl (C=O) groups excluding carboxylic acids is 3. The van der Waals surface area contributed by atoms with Gasteiger partial charge in [-0.3, -0.25) is 9.59 Å². The van der Waals surface area contributed by atoms with Crippen LogP contribution < -0.4 is 10.6 Å². The molecule has 21 heavy (non-hydrogen) atoms. The molecule has 1 heterocycles. The highest BCUT2D eigenvalue weighted by Crippen LogP contribution is 2.17. The number of esters is 1. The highest BCUT2D eigenvalue weighted by atomic mass is 16.5. The zero-order valence-electron chi connectivity index (χ0n) is 12.5. The molecular weight excluding hydrogens is 272 g/mol. The van der Waals surface area contributed by atoms with Gasteiger partial charge in [-0.2, -0.15) is 0 Å². The predicted octanol–water partition coefficient (Wildman–Crippen LogP) is 1.04. The van der Waals surface area contributed by atoms with Gasteiger partial charge in [0.2, 0.25) is 5.91 Å². The highest BCUT2D eigenvalue weighted by Gasteiger charge is 2.31. The van der Waals surface area contributed by atoms with Gasteiger partial charge in [0.05, 0.1) is 0 Å². The second kappa shape index (κ2) is 7.43. The van der Waals surface area contributed by atoms with E-state index >= 15 is 0 Å². The summed E-state index contributed by atoms with van der Waals surface area (Å²) in [5, 5.41) is 5.50. The monoisotopic (exact) mass is 296 g/mol. The summed E-state index contributed by atoms with van der Waals surface area (Å²) in [4.78, 5) is 35.0. The van der Waals surface area contributed by atoms with Gasteiger partial charge in [0.25, 0.3) is 5.91 Å². The van der Waals surface area contributed by atoms with E-state index in [0.717, 1.165) is 25.7 Å². The van der Waals surface area contributed by atoms with Crippen LogP contribution in [0.4, 0.5) is 0 Å². The first-order valence-electron chi connectivity index (χ1n) is 7.86. The molecule has 0 radical (unpaired) electrons. The lowest BCUT2D eigenvalue weighted by atomic mass is 10.1. The molecule has 118 valence electrons. The van der Waals surface area contributed by atoms with Crippen molar-refractivity contribution in [3.05, 3.63) is 0 Å². The summed E-state index contributed by atoms with van der Waals surface area (Å²) in [6.45, 7) is 1.57. The average Bonchev–Trinajstić information content (AvgIpc) is 2.72. The van der Waals surface area contributed by atoms with Gasteiger partial charge in [-0.15, -0.1) is 0 Å². The molecule has 2 fully saturated rings. The number of carbonyl (C=O) groups is 3. The molecule has 2 amide bonds. The molecule has 0 aromatic carbocycles. The summed E-state index contributed by atoms with van der Waals surface area (Å²) < 4.78 is 5.15. The standard InChI is InChI=1S/C15H24N2O4/c1-10(21-15(20)12-8-9-13(18)17-12)14(19)16-11-6-4-2-3-5-7-11/h10-12H,2-9H2,1H3,(H,16,19)(H,17,18)/t10-,12-/m1/s1. The maximum absolute atomic E-state index is 12.1. The summed E-state index contributed by atoms with van der Waals surface area (Å²) in [5.41, 5.74) is 0. The van der Waals surface area contributed by atoms with Gasteiger partial charge in [-0.1, -0.05) is 25.7 Å². The van der Waals surface area contributed by atoms with Crippen molar-refractivity contribution in [2.75, 3.05) is 0 Å². The summed E-state index contributed by atoms with van der Waals surface area (Å²) in [6.07, 6.45) is 6.64. The number of amides is 2. The SMILES string of the molecule is C[C@@H](OC(=O)[C@H]1CCC(=O)N1)C(=O)NC1CCCCCC1. The molecule has 0 spiro atoms. The molecule has 1 saturated carbocycles. The molecule has 1 aliphatic heterocycles. The Labute approximate surface area is 125 Å². The molecule has 2 atom stereocenters. The maximum Gasteiger partial charge on any atom is 0.329 e. The molecule has 2 rings (SSSR count). The van der Waals surface area contributed by atoms with E-state index in [0.29, 0.717) is 12.8 Å². The lowest BCUT2D eigenvalue weighted by Crippen LogP contribution is -2.44. The molecule has 0 aromatic rings. The second-order valence-electron chi connectivity index (χ2n) is 5.93. The van der Waals surface area contributed by atoms with Crippen LogP contribution in [0.5, 0.6) is 0 Å². The fourth-order valence-corrected chi connectivity index (χ4v) is 2.84. The number of hydrogen-bond acceptors (Lipinski definition) is 4. The van der Waals surface area contributed by atoms with Crippen molar-refractivity contribution >= 4 is 17.8 Å². The van der Waals surface area contributed by atoms with Gasteiger partial charge in [0, 0.05) is 12.5 Å². The van der Waals surface area contributed by atoms with Crippen LogP contribution in [0.1, 0.15) is 58.3 Å². The fraction of sp³-hybridized carbons (Fsp3) is 0.800. The fourth-order valence-electron chi connectivity index (χ4n) is 2.84. The van der Waals surface area contributed by atoms with Gasteiger partial charge < -0.3 is 15.4 Å². The summed E-state index contributed by atoms with van der Waals surface area (Å²) >= 11 is 0. The van der Waals surface area contributed by atoms with Crippen LogP contribution in [0.2, 0.25) is 0 Å². The molecule has 0 aromatic heterocycles. The molecule has 6 nitrogen and oxygen atoms in total. The first-order valence-corrected chi connectivity index (χ1v) is 7.86. The van der Waals surface area contributed by atoms with Crippen LogP contribution >= 0.6 is 0 Å².